The largest absolute Gasteiger partial charge is 0.412 e. The summed E-state index contributed by atoms with van der Waals surface area (Å²) in [4.78, 5) is 23.6. The molecular weight excluding hydrogens is 372 g/mol. The Morgan fingerprint density at radius 3 is 2.46 bits per heavy atom. The third-order valence-corrected chi connectivity index (χ3v) is 4.09. The van der Waals surface area contributed by atoms with Crippen LogP contribution in [0.25, 0.3) is 0 Å². The SMILES string of the molecule is Cc1cc(Br)c(NC(=O)CCNC(=O)Oc2ccccc2)cc1C. The van der Waals surface area contributed by atoms with Crippen LogP contribution in [0.4, 0.5) is 10.5 Å². The molecule has 0 heterocycles. The van der Waals surface area contributed by atoms with E-state index in [2.05, 4.69) is 26.6 Å². The summed E-state index contributed by atoms with van der Waals surface area (Å²) in [6, 6.07) is 12.6. The monoisotopic (exact) mass is 390 g/mol. The lowest BCUT2D eigenvalue weighted by molar-refractivity contribution is -0.116. The number of amides is 2. The van der Waals surface area contributed by atoms with E-state index in [0.29, 0.717) is 5.75 Å². The highest BCUT2D eigenvalue weighted by atomic mass is 79.9. The number of carbonyl (C=O) groups is 2. The fourth-order valence-corrected chi connectivity index (χ4v) is 2.56. The molecule has 0 aliphatic heterocycles. The molecule has 0 unspecified atom stereocenters. The Morgan fingerprint density at radius 1 is 1.08 bits per heavy atom. The molecule has 2 amide bonds. The summed E-state index contributed by atoms with van der Waals surface area (Å²) in [5, 5.41) is 5.37. The van der Waals surface area contributed by atoms with E-state index < -0.39 is 6.09 Å². The van der Waals surface area contributed by atoms with Crippen LogP contribution in [0.5, 0.6) is 5.75 Å². The first kappa shape index (κ1) is 18.0. The molecule has 2 aromatic rings. The lowest BCUT2D eigenvalue weighted by Gasteiger charge is -2.11. The molecule has 0 radical (unpaired) electrons. The van der Waals surface area contributed by atoms with Gasteiger partial charge in [0.25, 0.3) is 0 Å². The normalized spacial score (nSPS) is 10.1. The highest BCUT2D eigenvalue weighted by Gasteiger charge is 2.09. The summed E-state index contributed by atoms with van der Waals surface area (Å²) >= 11 is 3.43. The van der Waals surface area contributed by atoms with E-state index in [1.165, 1.54) is 0 Å². The van der Waals surface area contributed by atoms with E-state index in [9.17, 15) is 9.59 Å². The van der Waals surface area contributed by atoms with E-state index in [0.717, 1.165) is 21.3 Å². The molecule has 0 aromatic heterocycles. The number of para-hydroxylation sites is 1. The number of hydrogen-bond acceptors (Lipinski definition) is 3. The van der Waals surface area contributed by atoms with Crippen LogP contribution in [0.15, 0.2) is 46.9 Å². The molecule has 0 bridgehead atoms. The molecule has 0 atom stereocenters. The number of rotatable bonds is 5. The number of nitrogens with one attached hydrogen (secondary N) is 2. The molecular formula is C18H19BrN2O3. The first-order chi connectivity index (χ1) is 11.5. The molecule has 2 N–H and O–H groups in total. The van der Waals surface area contributed by atoms with Crippen LogP contribution in [0, 0.1) is 13.8 Å². The van der Waals surface area contributed by atoms with E-state index in [4.69, 9.17) is 4.74 Å². The van der Waals surface area contributed by atoms with Crippen LogP contribution in [-0.4, -0.2) is 18.5 Å². The summed E-state index contributed by atoms with van der Waals surface area (Å²) in [5.41, 5.74) is 2.96. The summed E-state index contributed by atoms with van der Waals surface area (Å²) in [6.07, 6.45) is -0.426. The fourth-order valence-electron chi connectivity index (χ4n) is 2.00. The van der Waals surface area contributed by atoms with Crippen molar-refractivity contribution in [1.29, 1.82) is 0 Å². The molecule has 0 fully saturated rings. The molecule has 126 valence electrons. The van der Waals surface area contributed by atoms with Gasteiger partial charge in [0.2, 0.25) is 5.91 Å². The predicted octanol–water partition coefficient (Wildman–Crippen LogP) is 4.18. The number of hydrogen-bond donors (Lipinski definition) is 2. The molecule has 2 rings (SSSR count). The molecule has 0 aliphatic rings. The molecule has 24 heavy (non-hydrogen) atoms. The maximum Gasteiger partial charge on any atom is 0.412 e. The van der Waals surface area contributed by atoms with Gasteiger partial charge in [-0.2, -0.15) is 0 Å². The van der Waals surface area contributed by atoms with Crippen LogP contribution >= 0.6 is 15.9 Å². The highest BCUT2D eigenvalue weighted by Crippen LogP contribution is 2.26. The van der Waals surface area contributed by atoms with Crippen LogP contribution in [0.3, 0.4) is 0 Å². The van der Waals surface area contributed by atoms with Gasteiger partial charge < -0.3 is 15.4 Å². The van der Waals surface area contributed by atoms with E-state index in [-0.39, 0.29) is 18.9 Å². The summed E-state index contributed by atoms with van der Waals surface area (Å²) in [6.45, 7) is 4.19. The molecule has 0 saturated carbocycles. The van der Waals surface area contributed by atoms with E-state index in [1.54, 1.807) is 24.3 Å². The number of anilines is 1. The fraction of sp³-hybridized carbons (Fsp3) is 0.222. The van der Waals surface area contributed by atoms with E-state index in [1.807, 2.05) is 32.0 Å². The maximum absolute atomic E-state index is 12.0. The number of carbonyl (C=O) groups excluding carboxylic acids is 2. The average molecular weight is 391 g/mol. The molecule has 0 saturated heterocycles. The zero-order valence-corrected chi connectivity index (χ0v) is 15.1. The van der Waals surface area contributed by atoms with Crippen molar-refractivity contribution in [3.63, 3.8) is 0 Å². The Balaban J connectivity index is 1.77. The number of aryl methyl sites for hydroxylation is 2. The van der Waals surface area contributed by atoms with Gasteiger partial charge in [0, 0.05) is 17.4 Å². The smallest absolute Gasteiger partial charge is 0.410 e. The minimum absolute atomic E-state index is 0.156. The lowest BCUT2D eigenvalue weighted by Crippen LogP contribution is -2.30. The zero-order valence-electron chi connectivity index (χ0n) is 13.6. The minimum Gasteiger partial charge on any atom is -0.410 e. The van der Waals surface area contributed by atoms with Gasteiger partial charge in [-0.25, -0.2) is 4.79 Å². The quantitative estimate of drug-likeness (QED) is 0.804. The first-order valence-electron chi connectivity index (χ1n) is 7.53. The first-order valence-corrected chi connectivity index (χ1v) is 8.32. The minimum atomic E-state index is -0.582. The Hall–Kier alpha value is -2.34. The molecule has 5 nitrogen and oxygen atoms in total. The number of halogens is 1. The van der Waals surface area contributed by atoms with Gasteiger partial charge in [0.15, 0.2) is 0 Å². The van der Waals surface area contributed by atoms with Crippen molar-refractivity contribution in [1.82, 2.24) is 5.32 Å². The second-order valence-corrected chi connectivity index (χ2v) is 6.20. The van der Waals surface area contributed by atoms with Gasteiger partial charge in [0.1, 0.15) is 5.75 Å². The van der Waals surface area contributed by atoms with Gasteiger partial charge in [-0.05, 0) is 65.2 Å². The van der Waals surface area contributed by atoms with Crippen molar-refractivity contribution >= 4 is 33.6 Å². The van der Waals surface area contributed by atoms with Crippen molar-refractivity contribution in [2.45, 2.75) is 20.3 Å². The molecule has 2 aromatic carbocycles. The lowest BCUT2D eigenvalue weighted by atomic mass is 10.1. The van der Waals surface area contributed by atoms with Crippen molar-refractivity contribution in [3.05, 3.63) is 58.1 Å². The second kappa shape index (κ2) is 8.49. The van der Waals surface area contributed by atoms with Gasteiger partial charge in [-0.1, -0.05) is 18.2 Å². The second-order valence-electron chi connectivity index (χ2n) is 5.34. The van der Waals surface area contributed by atoms with Crippen LogP contribution in [0.1, 0.15) is 17.5 Å². The summed E-state index contributed by atoms with van der Waals surface area (Å²) < 4.78 is 5.90. The number of benzene rings is 2. The maximum atomic E-state index is 12.0. The van der Waals surface area contributed by atoms with Crippen LogP contribution < -0.4 is 15.4 Å². The molecule has 0 aliphatic carbocycles. The average Bonchev–Trinajstić information content (AvgIpc) is 2.53. The Morgan fingerprint density at radius 2 is 1.75 bits per heavy atom. The van der Waals surface area contributed by atoms with Crippen molar-refractivity contribution in [2.75, 3.05) is 11.9 Å². The topological polar surface area (TPSA) is 67.4 Å². The van der Waals surface area contributed by atoms with Gasteiger partial charge in [-0.3, -0.25) is 4.79 Å². The highest BCUT2D eigenvalue weighted by molar-refractivity contribution is 9.10. The van der Waals surface area contributed by atoms with Gasteiger partial charge in [0.05, 0.1) is 5.69 Å². The molecule has 0 spiro atoms. The summed E-state index contributed by atoms with van der Waals surface area (Å²) in [5.74, 6) is 0.275. The van der Waals surface area contributed by atoms with Crippen molar-refractivity contribution < 1.29 is 14.3 Å². The van der Waals surface area contributed by atoms with Crippen molar-refractivity contribution in [3.8, 4) is 5.75 Å². The van der Waals surface area contributed by atoms with Crippen molar-refractivity contribution in [2.24, 2.45) is 0 Å². The Kier molecular flexibility index (Phi) is 6.37. The third-order valence-electron chi connectivity index (χ3n) is 3.43. The Bertz CT molecular complexity index is 733. The standard InChI is InChI=1S/C18H19BrN2O3/c1-12-10-15(19)16(11-13(12)2)21-17(22)8-9-20-18(23)24-14-6-4-3-5-7-14/h3-7,10-11H,8-9H2,1-2H3,(H,20,23)(H,21,22). The third kappa shape index (κ3) is 5.38. The van der Waals surface area contributed by atoms with Gasteiger partial charge >= 0.3 is 6.09 Å². The van der Waals surface area contributed by atoms with Crippen LogP contribution in [0.2, 0.25) is 0 Å². The zero-order chi connectivity index (χ0) is 17.5. The summed E-state index contributed by atoms with van der Waals surface area (Å²) in [7, 11) is 0. The van der Waals surface area contributed by atoms with Crippen LogP contribution in [-0.2, 0) is 4.79 Å². The molecule has 6 heteroatoms. The van der Waals surface area contributed by atoms with Gasteiger partial charge in [-0.15, -0.1) is 0 Å². The predicted molar refractivity (Wildman–Crippen MR) is 97.3 cm³/mol. The number of ether oxygens (including phenoxy) is 1. The van der Waals surface area contributed by atoms with E-state index >= 15 is 0 Å². The Labute approximate surface area is 149 Å².